The van der Waals surface area contributed by atoms with Crippen molar-refractivity contribution in [2.75, 3.05) is 4.43 Å². The number of rotatable bonds is 1. The van der Waals surface area contributed by atoms with E-state index in [1.165, 1.54) is 9.99 Å². The molecule has 1 unspecified atom stereocenters. The van der Waals surface area contributed by atoms with Crippen molar-refractivity contribution in [3.8, 4) is 0 Å². The predicted octanol–water partition coefficient (Wildman–Crippen LogP) is -0.208. The maximum absolute atomic E-state index is 5.85. The molecule has 0 bridgehead atoms. The van der Waals surface area contributed by atoms with Crippen molar-refractivity contribution in [1.29, 1.82) is 0 Å². The Labute approximate surface area is 82.2 Å². The van der Waals surface area contributed by atoms with Crippen LogP contribution in [0, 0.1) is 6.92 Å². The first-order chi connectivity index (χ1) is 5.27. The van der Waals surface area contributed by atoms with Crippen molar-refractivity contribution in [2.45, 2.75) is 10.8 Å². The molecule has 11 heavy (non-hydrogen) atoms. The molecule has 0 saturated carbocycles. The van der Waals surface area contributed by atoms with Crippen LogP contribution in [0.4, 0.5) is 0 Å². The zero-order chi connectivity index (χ0) is 7.84. The maximum atomic E-state index is 5.85. The molecule has 0 N–H and O–H groups in total. The monoisotopic (exact) mass is 279 g/mol. The zero-order valence-corrected chi connectivity index (χ0v) is 9.19. The van der Waals surface area contributed by atoms with E-state index < -0.39 is 0 Å². The first-order valence-electron chi connectivity index (χ1n) is 3.61. The minimum atomic E-state index is 0.526. The summed E-state index contributed by atoms with van der Waals surface area (Å²) in [6.45, 7) is 2.16. The molecule has 1 aliphatic heterocycles. The van der Waals surface area contributed by atoms with Gasteiger partial charge in [-0.25, -0.2) is 0 Å². The van der Waals surface area contributed by atoms with Crippen molar-refractivity contribution < 1.29 is 21.2 Å². The Kier molecular flexibility index (Phi) is 2.10. The summed E-state index contributed by atoms with van der Waals surface area (Å²) >= 11 is 6.38. The molecule has 2 heteroatoms. The van der Waals surface area contributed by atoms with Crippen LogP contribution in [0.1, 0.15) is 15.1 Å². The van der Waals surface area contributed by atoms with Gasteiger partial charge in [-0.3, -0.25) is 0 Å². The van der Waals surface area contributed by atoms with Crippen molar-refractivity contribution >= 4 is 11.6 Å². The van der Waals surface area contributed by atoms with Gasteiger partial charge in [0.1, 0.15) is 0 Å². The second-order valence-electron chi connectivity index (χ2n) is 2.78. The Morgan fingerprint density at radius 3 is 2.82 bits per heavy atom. The van der Waals surface area contributed by atoms with Crippen LogP contribution in [0.25, 0.3) is 0 Å². The second kappa shape index (κ2) is 2.94. The summed E-state index contributed by atoms with van der Waals surface area (Å²) in [7, 11) is 0. The molecule has 1 aromatic rings. The van der Waals surface area contributed by atoms with Crippen molar-refractivity contribution in [2.24, 2.45) is 0 Å². The van der Waals surface area contributed by atoms with Gasteiger partial charge in [-0.2, -0.15) is 0 Å². The van der Waals surface area contributed by atoms with Crippen LogP contribution in [0.3, 0.4) is 0 Å². The summed E-state index contributed by atoms with van der Waals surface area (Å²) < 4.78 is 2.42. The van der Waals surface area contributed by atoms with Crippen LogP contribution in [0.5, 0.6) is 0 Å². The fourth-order valence-electron chi connectivity index (χ4n) is 1.20. The molecular formula is C9H9ClI-. The fourth-order valence-corrected chi connectivity index (χ4v) is 3.33. The SMILES string of the molecule is Cc1cc(Cl)ccc1C1C[I-]1. The van der Waals surface area contributed by atoms with E-state index in [2.05, 4.69) is 19.1 Å². The summed E-state index contributed by atoms with van der Waals surface area (Å²) in [4.78, 5) is 0. The number of aryl methyl sites for hydroxylation is 1. The van der Waals surface area contributed by atoms with Gasteiger partial charge in [-0.15, -0.1) is 0 Å². The molecule has 1 aliphatic rings. The van der Waals surface area contributed by atoms with Crippen LogP contribution < -0.4 is 21.2 Å². The van der Waals surface area contributed by atoms with Gasteiger partial charge in [0.05, 0.1) is 0 Å². The van der Waals surface area contributed by atoms with Crippen LogP contribution in [-0.4, -0.2) is 4.43 Å². The number of hydrogen-bond donors (Lipinski definition) is 0. The van der Waals surface area contributed by atoms with Gasteiger partial charge in [0.15, 0.2) is 0 Å². The van der Waals surface area contributed by atoms with Gasteiger partial charge in [0, 0.05) is 0 Å². The molecule has 1 aromatic carbocycles. The van der Waals surface area contributed by atoms with E-state index in [0.29, 0.717) is 21.2 Å². The molecule has 1 saturated heterocycles. The van der Waals surface area contributed by atoms with E-state index in [1.54, 1.807) is 5.56 Å². The standard InChI is InChI=1S/C9H9ClI/c1-6-4-7(10)2-3-8(6)9-5-11-9/h2-4,9H,5H2,1H3/q-1. The number of hydrogen-bond acceptors (Lipinski definition) is 0. The Morgan fingerprint density at radius 2 is 2.27 bits per heavy atom. The third kappa shape index (κ3) is 1.70. The van der Waals surface area contributed by atoms with E-state index in [-0.39, 0.29) is 0 Å². The van der Waals surface area contributed by atoms with E-state index in [4.69, 9.17) is 11.6 Å². The molecule has 0 nitrogen and oxygen atoms in total. The fraction of sp³-hybridized carbons (Fsp3) is 0.333. The van der Waals surface area contributed by atoms with Gasteiger partial charge in [-0.05, 0) is 0 Å². The van der Waals surface area contributed by atoms with Crippen LogP contribution in [-0.2, 0) is 0 Å². The van der Waals surface area contributed by atoms with E-state index >= 15 is 0 Å². The van der Waals surface area contributed by atoms with E-state index in [0.717, 1.165) is 8.95 Å². The second-order valence-corrected chi connectivity index (χ2v) is 6.48. The van der Waals surface area contributed by atoms with E-state index in [9.17, 15) is 0 Å². The van der Waals surface area contributed by atoms with Crippen LogP contribution in [0.2, 0.25) is 5.02 Å². The Balaban J connectivity index is 2.39. The number of alkyl halides is 2. The minimum absolute atomic E-state index is 0.526. The molecule has 0 amide bonds. The third-order valence-electron chi connectivity index (χ3n) is 1.88. The first kappa shape index (κ1) is 7.87. The molecule has 1 heterocycles. The van der Waals surface area contributed by atoms with Gasteiger partial charge >= 0.3 is 82.4 Å². The average molecular weight is 280 g/mol. The van der Waals surface area contributed by atoms with Gasteiger partial charge < -0.3 is 0 Å². The summed E-state index contributed by atoms with van der Waals surface area (Å²) in [5, 5.41) is 0.866. The summed E-state index contributed by atoms with van der Waals surface area (Å²) in [5.74, 6) is 0. The van der Waals surface area contributed by atoms with Crippen molar-refractivity contribution in [3.63, 3.8) is 0 Å². The van der Waals surface area contributed by atoms with Gasteiger partial charge in [0.2, 0.25) is 0 Å². The van der Waals surface area contributed by atoms with Crippen LogP contribution >= 0.6 is 11.6 Å². The molecule has 0 aromatic heterocycles. The summed E-state index contributed by atoms with van der Waals surface area (Å²) in [6, 6.07) is 6.26. The molecule has 0 radical (unpaired) electrons. The molecular weight excluding hydrogens is 270 g/mol. The van der Waals surface area contributed by atoms with Crippen molar-refractivity contribution in [3.05, 3.63) is 34.3 Å². The average Bonchev–Trinajstić information content (AvgIpc) is 2.70. The normalized spacial score (nSPS) is 22.5. The van der Waals surface area contributed by atoms with Crippen molar-refractivity contribution in [1.82, 2.24) is 0 Å². The molecule has 0 spiro atoms. The molecule has 1 fully saturated rings. The molecule has 1 atom stereocenters. The predicted molar refractivity (Wildman–Crippen MR) is 43.8 cm³/mol. The first-order valence-corrected chi connectivity index (χ1v) is 6.76. The summed E-state index contributed by atoms with van der Waals surface area (Å²) in [6.07, 6.45) is 0. The number of benzene rings is 1. The van der Waals surface area contributed by atoms with Gasteiger partial charge in [-0.1, -0.05) is 0 Å². The Hall–Kier alpha value is 0.240. The van der Waals surface area contributed by atoms with Gasteiger partial charge in [0.25, 0.3) is 0 Å². The zero-order valence-electron chi connectivity index (χ0n) is 6.27. The summed E-state index contributed by atoms with van der Waals surface area (Å²) in [5.41, 5.74) is 2.92. The van der Waals surface area contributed by atoms with Crippen LogP contribution in [0.15, 0.2) is 18.2 Å². The molecule has 2 rings (SSSR count). The quantitative estimate of drug-likeness (QED) is 0.493. The molecule has 0 aliphatic carbocycles. The molecule has 60 valence electrons. The topological polar surface area (TPSA) is 0 Å². The third-order valence-corrected chi connectivity index (χ3v) is 4.55. The Morgan fingerprint density at radius 1 is 1.55 bits per heavy atom. The number of halogens is 2. The Bertz CT molecular complexity index is 279. The van der Waals surface area contributed by atoms with E-state index in [1.807, 2.05) is 6.07 Å².